The monoisotopic (exact) mass is 545 g/mol. The van der Waals surface area contributed by atoms with Crippen molar-refractivity contribution in [1.82, 2.24) is 5.32 Å². The van der Waals surface area contributed by atoms with E-state index < -0.39 is 11.9 Å². The van der Waals surface area contributed by atoms with Crippen LogP contribution in [-0.4, -0.2) is 32.1 Å². The Morgan fingerprint density at radius 3 is 2.50 bits per heavy atom. The quantitative estimate of drug-likeness (QED) is 0.414. The van der Waals surface area contributed by atoms with Gasteiger partial charge in [0.05, 0.1) is 35.2 Å². The van der Waals surface area contributed by atoms with E-state index in [4.69, 9.17) is 14.2 Å². The normalized spacial score (nSPS) is 17.0. The van der Waals surface area contributed by atoms with Gasteiger partial charge in [-0.3, -0.25) is 4.79 Å². The molecule has 2 aromatic rings. The minimum absolute atomic E-state index is 0.0915. The Kier molecular flexibility index (Phi) is 6.28. The molecule has 0 amide bonds. The number of carbonyl (C=O) groups is 2. The van der Waals surface area contributed by atoms with Gasteiger partial charge in [0.1, 0.15) is 0 Å². The van der Waals surface area contributed by atoms with Crippen LogP contribution in [0.3, 0.4) is 0 Å². The molecule has 7 heteroatoms. The Balaban J connectivity index is 1.96. The largest absolute Gasteiger partial charge is 0.492 e. The number of fused-ring (bicyclic) bond motifs is 2. The van der Waals surface area contributed by atoms with Crippen LogP contribution in [0.4, 0.5) is 0 Å². The summed E-state index contributed by atoms with van der Waals surface area (Å²) in [7, 11) is 1.59. The first-order valence-electron chi connectivity index (χ1n) is 10.5. The van der Waals surface area contributed by atoms with Crippen LogP contribution < -0.4 is 14.8 Å². The third kappa shape index (κ3) is 3.58. The standard InChI is InChI=1S/C25H24INO5/c1-5-31-18-12-14(11-17(26)24(18)30-4)20-19(25(29)32-6-2)13(3)27-22-15-9-7-8-10-16(15)23(28)21(20)22/h7-12,20,27H,5-6H2,1-4H3/t20-/m1/s1. The van der Waals surface area contributed by atoms with E-state index in [1.807, 2.05) is 50.2 Å². The van der Waals surface area contributed by atoms with Crippen molar-refractivity contribution in [3.8, 4) is 11.5 Å². The first-order valence-corrected chi connectivity index (χ1v) is 11.5. The summed E-state index contributed by atoms with van der Waals surface area (Å²) in [6.45, 7) is 6.21. The lowest BCUT2D eigenvalue weighted by Crippen LogP contribution is -2.29. The van der Waals surface area contributed by atoms with Gasteiger partial charge in [0.2, 0.25) is 0 Å². The van der Waals surface area contributed by atoms with Gasteiger partial charge in [-0.2, -0.15) is 0 Å². The fraction of sp³-hybridized carbons (Fsp3) is 0.280. The van der Waals surface area contributed by atoms with Gasteiger partial charge in [-0.25, -0.2) is 4.79 Å². The van der Waals surface area contributed by atoms with Crippen molar-refractivity contribution in [3.63, 3.8) is 0 Å². The number of dihydropyridines is 1. The molecular formula is C25H24INO5. The van der Waals surface area contributed by atoms with Crippen LogP contribution in [0.1, 0.15) is 48.2 Å². The zero-order chi connectivity index (χ0) is 23.0. The van der Waals surface area contributed by atoms with Gasteiger partial charge in [-0.15, -0.1) is 0 Å². The number of ketones is 1. The average molecular weight is 545 g/mol. The van der Waals surface area contributed by atoms with E-state index in [-0.39, 0.29) is 12.4 Å². The van der Waals surface area contributed by atoms with Crippen LogP contribution in [0.25, 0.3) is 5.70 Å². The molecule has 1 aliphatic heterocycles. The first kappa shape index (κ1) is 22.4. The Labute approximate surface area is 200 Å². The van der Waals surface area contributed by atoms with Gasteiger partial charge in [0.25, 0.3) is 0 Å². The van der Waals surface area contributed by atoms with Crippen LogP contribution in [0.5, 0.6) is 11.5 Å². The third-order valence-electron chi connectivity index (χ3n) is 5.61. The summed E-state index contributed by atoms with van der Waals surface area (Å²) in [5.74, 6) is 0.0665. The molecule has 2 aromatic carbocycles. The number of nitrogens with one attached hydrogen (secondary N) is 1. The summed E-state index contributed by atoms with van der Waals surface area (Å²) in [4.78, 5) is 26.6. The summed E-state index contributed by atoms with van der Waals surface area (Å²) in [5.41, 5.74) is 4.62. The van der Waals surface area contributed by atoms with Crippen LogP contribution in [0.2, 0.25) is 0 Å². The minimum Gasteiger partial charge on any atom is -0.492 e. The van der Waals surface area contributed by atoms with Gasteiger partial charge < -0.3 is 19.5 Å². The van der Waals surface area contributed by atoms with Crippen LogP contribution in [0.15, 0.2) is 53.2 Å². The number of methoxy groups -OCH3 is 1. The lowest BCUT2D eigenvalue weighted by molar-refractivity contribution is -0.138. The SMILES string of the molecule is CCOC(=O)C1=C(C)NC2=C(C(=O)c3ccccc32)[C@@H]1c1cc(I)c(OC)c(OCC)c1. The van der Waals surface area contributed by atoms with Gasteiger partial charge >= 0.3 is 5.97 Å². The molecule has 4 rings (SSSR count). The van der Waals surface area contributed by atoms with E-state index in [1.165, 1.54) is 0 Å². The van der Waals surface area contributed by atoms with E-state index in [9.17, 15) is 9.59 Å². The molecule has 0 aromatic heterocycles. The molecule has 0 fully saturated rings. The highest BCUT2D eigenvalue weighted by Crippen LogP contribution is 2.48. The molecule has 0 spiro atoms. The minimum atomic E-state index is -0.594. The number of hydrogen-bond donors (Lipinski definition) is 1. The highest BCUT2D eigenvalue weighted by atomic mass is 127. The maximum absolute atomic E-state index is 13.5. The number of esters is 1. The Bertz CT molecular complexity index is 1180. The number of benzene rings is 2. The third-order valence-corrected chi connectivity index (χ3v) is 6.41. The number of Topliss-reactive ketones (excluding diaryl/α,β-unsaturated/α-hetero) is 1. The van der Waals surface area contributed by atoms with Crippen molar-refractivity contribution in [1.29, 1.82) is 0 Å². The molecule has 0 saturated carbocycles. The summed E-state index contributed by atoms with van der Waals surface area (Å²) >= 11 is 2.19. The molecule has 0 saturated heterocycles. The van der Waals surface area contributed by atoms with Gasteiger partial charge in [0, 0.05) is 28.3 Å². The molecule has 1 aliphatic carbocycles. The molecule has 6 nitrogen and oxygen atoms in total. The van der Waals surface area contributed by atoms with Crippen LogP contribution in [0, 0.1) is 3.57 Å². The molecule has 32 heavy (non-hydrogen) atoms. The molecule has 1 N–H and O–H groups in total. The van der Waals surface area contributed by atoms with Crippen molar-refractivity contribution < 1.29 is 23.8 Å². The molecule has 0 bridgehead atoms. The van der Waals surface area contributed by atoms with Crippen LogP contribution >= 0.6 is 22.6 Å². The Hall–Kier alpha value is -2.81. The van der Waals surface area contributed by atoms with E-state index >= 15 is 0 Å². The first-order chi connectivity index (χ1) is 15.4. The van der Waals surface area contributed by atoms with Crippen molar-refractivity contribution >= 4 is 40.0 Å². The summed E-state index contributed by atoms with van der Waals surface area (Å²) < 4.78 is 17.6. The zero-order valence-electron chi connectivity index (χ0n) is 18.4. The van der Waals surface area contributed by atoms with Gasteiger partial charge in [0.15, 0.2) is 17.3 Å². The second kappa shape index (κ2) is 8.97. The molecule has 1 heterocycles. The van der Waals surface area contributed by atoms with Crippen molar-refractivity contribution in [2.24, 2.45) is 0 Å². The molecule has 2 aliphatic rings. The number of hydrogen-bond acceptors (Lipinski definition) is 6. The maximum atomic E-state index is 13.5. The number of carbonyl (C=O) groups excluding carboxylic acids is 2. The molecular weight excluding hydrogens is 521 g/mol. The lowest BCUT2D eigenvalue weighted by Gasteiger charge is -2.29. The fourth-order valence-electron chi connectivity index (χ4n) is 4.36. The number of allylic oxidation sites excluding steroid dienone is 2. The molecule has 1 atom stereocenters. The highest BCUT2D eigenvalue weighted by Gasteiger charge is 2.43. The number of rotatable bonds is 6. The van der Waals surface area contributed by atoms with E-state index in [0.29, 0.717) is 40.5 Å². The van der Waals surface area contributed by atoms with E-state index in [2.05, 4.69) is 27.9 Å². The lowest BCUT2D eigenvalue weighted by atomic mass is 9.79. The van der Waals surface area contributed by atoms with E-state index in [1.54, 1.807) is 14.0 Å². The van der Waals surface area contributed by atoms with Crippen LogP contribution in [-0.2, 0) is 9.53 Å². The number of ether oxygens (including phenoxy) is 3. The predicted molar refractivity (Wildman–Crippen MR) is 130 cm³/mol. The Morgan fingerprint density at radius 1 is 1.12 bits per heavy atom. The summed E-state index contributed by atoms with van der Waals surface area (Å²) in [6, 6.07) is 11.3. The predicted octanol–water partition coefficient (Wildman–Crippen LogP) is 4.83. The Morgan fingerprint density at radius 2 is 1.84 bits per heavy atom. The van der Waals surface area contributed by atoms with Crippen molar-refractivity contribution in [2.75, 3.05) is 20.3 Å². The summed E-state index contributed by atoms with van der Waals surface area (Å²) in [6.07, 6.45) is 0. The maximum Gasteiger partial charge on any atom is 0.336 e. The topological polar surface area (TPSA) is 73.9 Å². The smallest absolute Gasteiger partial charge is 0.336 e. The van der Waals surface area contributed by atoms with Crippen molar-refractivity contribution in [2.45, 2.75) is 26.7 Å². The van der Waals surface area contributed by atoms with Crippen molar-refractivity contribution in [3.05, 3.63) is 73.5 Å². The summed E-state index contributed by atoms with van der Waals surface area (Å²) in [5, 5.41) is 3.31. The molecule has 0 unspecified atom stereocenters. The fourth-order valence-corrected chi connectivity index (χ4v) is 5.20. The highest BCUT2D eigenvalue weighted by molar-refractivity contribution is 14.1. The molecule has 166 valence electrons. The van der Waals surface area contributed by atoms with E-state index in [0.717, 1.165) is 20.4 Å². The second-order valence-corrected chi connectivity index (χ2v) is 8.61. The van der Waals surface area contributed by atoms with Gasteiger partial charge in [-0.05, 0) is 61.1 Å². The molecule has 0 radical (unpaired) electrons. The zero-order valence-corrected chi connectivity index (χ0v) is 20.5. The number of halogens is 1. The average Bonchev–Trinajstić information content (AvgIpc) is 3.05. The second-order valence-electron chi connectivity index (χ2n) is 7.45. The van der Waals surface area contributed by atoms with Gasteiger partial charge in [-0.1, -0.05) is 24.3 Å².